The van der Waals surface area contributed by atoms with Gasteiger partial charge in [0.2, 0.25) is 9.84 Å². The van der Waals surface area contributed by atoms with Crippen LogP contribution in [-0.4, -0.2) is 8.42 Å². The Balaban J connectivity index is 1.75. The third-order valence-electron chi connectivity index (χ3n) is 5.54. The van der Waals surface area contributed by atoms with Crippen LogP contribution in [0.2, 0.25) is 0 Å². The van der Waals surface area contributed by atoms with Crippen molar-refractivity contribution in [1.82, 2.24) is 0 Å². The molecule has 0 aliphatic rings. The first kappa shape index (κ1) is 23.9. The number of benzene rings is 4. The summed E-state index contributed by atoms with van der Waals surface area (Å²) in [4.78, 5) is 0.349. The Morgan fingerprint density at radius 3 is 1.30 bits per heavy atom. The molecule has 4 nitrogen and oxygen atoms in total. The largest absolute Gasteiger partial charge is 0.320 e. The fraction of sp³-hybridized carbons (Fsp3) is 0.0769. The van der Waals surface area contributed by atoms with E-state index in [0.29, 0.717) is 11.1 Å². The van der Waals surface area contributed by atoms with Gasteiger partial charge in [0, 0.05) is 8.95 Å². The quantitative estimate of drug-likeness (QED) is 0.284. The van der Waals surface area contributed by atoms with E-state index >= 15 is 0 Å². The summed E-state index contributed by atoms with van der Waals surface area (Å²) in [6.45, 7) is 0. The fourth-order valence-electron chi connectivity index (χ4n) is 3.67. The maximum absolute atomic E-state index is 13.6. The molecule has 4 N–H and O–H groups in total. The van der Waals surface area contributed by atoms with Crippen LogP contribution in [0, 0.1) is 0 Å². The van der Waals surface area contributed by atoms with Gasteiger partial charge in [-0.25, -0.2) is 8.42 Å². The summed E-state index contributed by atoms with van der Waals surface area (Å²) in [5.41, 5.74) is 16.1. The van der Waals surface area contributed by atoms with Gasteiger partial charge in [0.25, 0.3) is 0 Å². The molecule has 4 rings (SSSR count). The highest BCUT2D eigenvalue weighted by molar-refractivity contribution is 9.10. The van der Waals surface area contributed by atoms with E-state index < -0.39 is 21.9 Å². The fourth-order valence-corrected chi connectivity index (χ4v) is 5.99. The maximum Gasteiger partial charge on any atom is 0.206 e. The van der Waals surface area contributed by atoms with Gasteiger partial charge >= 0.3 is 0 Å². The van der Waals surface area contributed by atoms with Crippen LogP contribution >= 0.6 is 31.9 Å². The first-order chi connectivity index (χ1) is 15.8. The van der Waals surface area contributed by atoms with Crippen molar-refractivity contribution in [2.75, 3.05) is 0 Å². The molecule has 0 aromatic heterocycles. The smallest absolute Gasteiger partial charge is 0.206 e. The van der Waals surface area contributed by atoms with Crippen molar-refractivity contribution in [2.45, 2.75) is 21.9 Å². The van der Waals surface area contributed by atoms with Crippen LogP contribution in [0.25, 0.3) is 0 Å². The van der Waals surface area contributed by atoms with E-state index in [1.807, 2.05) is 60.7 Å². The molecule has 0 saturated heterocycles. The highest BCUT2D eigenvalue weighted by Crippen LogP contribution is 2.34. The number of rotatable bonds is 6. The van der Waals surface area contributed by atoms with Crippen molar-refractivity contribution in [2.24, 2.45) is 11.5 Å². The molecular weight excluding hydrogens is 564 g/mol. The SMILES string of the molecule is NC(c1ccccc1)c1cc(S(=O)(=O)c2ccc(Br)c(C(N)c3ccccc3)c2)ccc1Br. The molecule has 0 bridgehead atoms. The zero-order valence-corrected chi connectivity index (χ0v) is 21.5. The average molecular weight is 586 g/mol. The van der Waals surface area contributed by atoms with E-state index in [0.717, 1.165) is 20.1 Å². The summed E-state index contributed by atoms with van der Waals surface area (Å²) >= 11 is 7.04. The molecule has 4 aromatic rings. The van der Waals surface area contributed by atoms with Crippen molar-refractivity contribution in [1.29, 1.82) is 0 Å². The van der Waals surface area contributed by atoms with Gasteiger partial charge < -0.3 is 11.5 Å². The zero-order valence-electron chi connectivity index (χ0n) is 17.5. The van der Waals surface area contributed by atoms with Crippen molar-refractivity contribution in [3.8, 4) is 0 Å². The minimum absolute atomic E-state index is 0.175. The van der Waals surface area contributed by atoms with Gasteiger partial charge in [-0.05, 0) is 58.7 Å². The third-order valence-corrected chi connectivity index (χ3v) is 8.74. The lowest BCUT2D eigenvalue weighted by Crippen LogP contribution is -2.15. The Bertz CT molecular complexity index is 1280. The molecule has 2 atom stereocenters. The van der Waals surface area contributed by atoms with Gasteiger partial charge in [0.15, 0.2) is 0 Å². The number of hydrogen-bond donors (Lipinski definition) is 2. The molecule has 4 aromatic carbocycles. The van der Waals surface area contributed by atoms with E-state index in [-0.39, 0.29) is 9.79 Å². The number of nitrogens with two attached hydrogens (primary N) is 2. The summed E-state index contributed by atoms with van der Waals surface area (Å²) in [6, 6.07) is 28.1. The maximum atomic E-state index is 13.6. The lowest BCUT2D eigenvalue weighted by Gasteiger charge is -2.18. The van der Waals surface area contributed by atoms with Gasteiger partial charge in [-0.1, -0.05) is 92.5 Å². The van der Waals surface area contributed by atoms with Gasteiger partial charge in [-0.15, -0.1) is 0 Å². The normalized spacial score (nSPS) is 13.5. The molecule has 0 fully saturated rings. The number of hydrogen-bond acceptors (Lipinski definition) is 4. The standard InChI is InChI=1S/C26H22Br2N2O2S/c27-23-13-11-19(15-21(23)25(29)17-7-3-1-4-8-17)33(31,32)20-12-14-24(28)22(16-20)26(30)18-9-5-2-6-10-18/h1-16,25-26H,29-30H2. The van der Waals surface area contributed by atoms with E-state index in [4.69, 9.17) is 11.5 Å². The van der Waals surface area contributed by atoms with Gasteiger partial charge in [-0.3, -0.25) is 0 Å². The molecule has 0 radical (unpaired) electrons. The predicted molar refractivity (Wildman–Crippen MR) is 139 cm³/mol. The summed E-state index contributed by atoms with van der Waals surface area (Å²) in [5.74, 6) is 0. The lowest BCUT2D eigenvalue weighted by atomic mass is 10.00. The second-order valence-corrected chi connectivity index (χ2v) is 11.3. The van der Waals surface area contributed by atoms with E-state index in [2.05, 4.69) is 31.9 Å². The van der Waals surface area contributed by atoms with Crippen molar-refractivity contribution < 1.29 is 8.42 Å². The monoisotopic (exact) mass is 584 g/mol. The highest BCUT2D eigenvalue weighted by atomic mass is 79.9. The summed E-state index contributed by atoms with van der Waals surface area (Å²) < 4.78 is 28.6. The molecule has 0 aliphatic carbocycles. The first-order valence-corrected chi connectivity index (χ1v) is 13.3. The zero-order chi connectivity index (χ0) is 23.6. The summed E-state index contributed by atoms with van der Waals surface area (Å²) in [5, 5.41) is 0. The Morgan fingerprint density at radius 2 is 0.939 bits per heavy atom. The average Bonchev–Trinajstić information content (AvgIpc) is 2.84. The summed E-state index contributed by atoms with van der Waals surface area (Å²) in [6.07, 6.45) is 0. The molecule has 7 heteroatoms. The van der Waals surface area contributed by atoms with Crippen LogP contribution in [0.4, 0.5) is 0 Å². The van der Waals surface area contributed by atoms with Crippen LogP contribution in [0.15, 0.2) is 116 Å². The van der Waals surface area contributed by atoms with Crippen LogP contribution in [0.5, 0.6) is 0 Å². The Kier molecular flexibility index (Phi) is 7.16. The molecule has 168 valence electrons. The lowest BCUT2D eigenvalue weighted by molar-refractivity contribution is 0.595. The molecule has 33 heavy (non-hydrogen) atoms. The van der Waals surface area contributed by atoms with Gasteiger partial charge in [-0.2, -0.15) is 0 Å². The molecular formula is C26H22Br2N2O2S. The van der Waals surface area contributed by atoms with E-state index in [1.54, 1.807) is 36.4 Å². The van der Waals surface area contributed by atoms with Crippen molar-refractivity contribution in [3.05, 3.63) is 128 Å². The van der Waals surface area contributed by atoms with Crippen LogP contribution in [0.1, 0.15) is 34.3 Å². The predicted octanol–water partition coefficient (Wildman–Crippen LogP) is 6.14. The van der Waals surface area contributed by atoms with Crippen LogP contribution < -0.4 is 11.5 Å². The van der Waals surface area contributed by atoms with Gasteiger partial charge in [0.05, 0.1) is 21.9 Å². The number of halogens is 2. The summed E-state index contributed by atoms with van der Waals surface area (Å²) in [7, 11) is -3.80. The molecule has 0 amide bonds. The second kappa shape index (κ2) is 9.91. The third kappa shape index (κ3) is 4.98. The number of sulfone groups is 1. The Hall–Kier alpha value is -2.29. The first-order valence-electron chi connectivity index (χ1n) is 10.2. The molecule has 0 spiro atoms. The minimum atomic E-state index is -3.80. The molecule has 0 saturated carbocycles. The highest BCUT2D eigenvalue weighted by Gasteiger charge is 2.23. The van der Waals surface area contributed by atoms with Crippen LogP contribution in [0.3, 0.4) is 0 Å². The second-order valence-electron chi connectivity index (χ2n) is 7.65. The van der Waals surface area contributed by atoms with Crippen molar-refractivity contribution >= 4 is 41.7 Å². The van der Waals surface area contributed by atoms with Crippen molar-refractivity contribution in [3.63, 3.8) is 0 Å². The molecule has 0 aliphatic heterocycles. The Labute approximate surface area is 210 Å². The molecule has 0 heterocycles. The molecule has 2 unspecified atom stereocenters. The minimum Gasteiger partial charge on any atom is -0.320 e. The van der Waals surface area contributed by atoms with Gasteiger partial charge in [0.1, 0.15) is 0 Å². The van der Waals surface area contributed by atoms with E-state index in [1.165, 1.54) is 0 Å². The van der Waals surface area contributed by atoms with Crippen LogP contribution in [-0.2, 0) is 9.84 Å². The Morgan fingerprint density at radius 1 is 0.576 bits per heavy atom. The topological polar surface area (TPSA) is 86.2 Å². The van der Waals surface area contributed by atoms with E-state index in [9.17, 15) is 8.42 Å².